The first-order valence-corrected chi connectivity index (χ1v) is 32.1. The van der Waals surface area contributed by atoms with Gasteiger partial charge in [0.05, 0.1) is 27.5 Å². The van der Waals surface area contributed by atoms with Crippen LogP contribution in [0.2, 0.25) is 0 Å². The molecule has 432 valence electrons. The summed E-state index contributed by atoms with van der Waals surface area (Å²) in [4.78, 5) is 4.94. The van der Waals surface area contributed by atoms with Gasteiger partial charge in [0.25, 0.3) is 0 Å². The summed E-state index contributed by atoms with van der Waals surface area (Å²) in [5, 5.41) is 10.0. The Morgan fingerprint density at radius 1 is 0.253 bits per heavy atom. The molecule has 0 radical (unpaired) electrons. The van der Waals surface area contributed by atoms with Gasteiger partial charge in [-0.2, -0.15) is 0 Å². The molecule has 0 atom stereocenters. The normalized spacial score (nSPS) is 12.9. The van der Waals surface area contributed by atoms with Gasteiger partial charge in [-0.05, 0) is 222 Å². The summed E-state index contributed by atoms with van der Waals surface area (Å²) < 4.78 is 4.80. The summed E-state index contributed by atoms with van der Waals surface area (Å²) in [6, 6.07) is 114. The second-order valence-electron chi connectivity index (χ2n) is 25.5. The summed E-state index contributed by atoms with van der Waals surface area (Å²) in [5.74, 6) is 0.449. The third-order valence-corrected chi connectivity index (χ3v) is 19.9. The molecule has 2 aliphatic carbocycles. The molecule has 0 unspecified atom stereocenters. The number of hydrogen-bond donors (Lipinski definition) is 0. The van der Waals surface area contributed by atoms with Gasteiger partial charge in [-0.25, -0.2) is 0 Å². The number of rotatable bonds is 10. The molecule has 4 nitrogen and oxygen atoms in total. The lowest BCUT2D eigenvalue weighted by Crippen LogP contribution is -2.27. The predicted octanol–water partition coefficient (Wildman–Crippen LogP) is 23.7. The fourth-order valence-electron chi connectivity index (χ4n) is 16.2. The number of fused-ring (bicyclic) bond motifs is 20. The van der Waals surface area contributed by atoms with Crippen LogP contribution >= 0.6 is 0 Å². The van der Waals surface area contributed by atoms with Gasteiger partial charge in [0, 0.05) is 67.0 Å². The van der Waals surface area contributed by atoms with E-state index in [0.29, 0.717) is 0 Å². The van der Waals surface area contributed by atoms with E-state index in [1.54, 1.807) is 0 Å². The lowest BCUT2D eigenvalue weighted by Gasteiger charge is -2.34. The molecule has 0 N–H and O–H groups in total. The number of aromatic nitrogens is 2. The topological polar surface area (TPSA) is 16.3 Å². The van der Waals surface area contributed by atoms with Crippen molar-refractivity contribution in [2.45, 2.75) is 44.9 Å². The number of para-hydroxylation sites is 6. The summed E-state index contributed by atoms with van der Waals surface area (Å²) >= 11 is 0. The zero-order valence-corrected chi connectivity index (χ0v) is 51.3. The first-order valence-electron chi connectivity index (χ1n) is 32.1. The number of anilines is 6. The monoisotopic (exact) mass is 1160 g/mol. The molecule has 0 bridgehead atoms. The second kappa shape index (κ2) is 20.4. The Bertz CT molecular complexity index is 5250. The molecule has 0 fully saturated rings. The third-order valence-electron chi connectivity index (χ3n) is 19.9. The van der Waals surface area contributed by atoms with E-state index in [1.807, 2.05) is 0 Å². The second-order valence-corrected chi connectivity index (χ2v) is 25.5. The molecule has 16 aromatic rings. The summed E-state index contributed by atoms with van der Waals surface area (Å²) in [7, 11) is 0. The smallest absolute Gasteiger partial charge is 0.0737 e. The highest BCUT2D eigenvalue weighted by Crippen LogP contribution is 2.67. The minimum Gasteiger partial charge on any atom is -0.310 e. The highest BCUT2D eigenvalue weighted by atomic mass is 15.1. The van der Waals surface area contributed by atoms with Crippen LogP contribution in [0.1, 0.15) is 72.9 Å². The van der Waals surface area contributed by atoms with Gasteiger partial charge in [0.1, 0.15) is 0 Å². The van der Waals surface area contributed by atoms with Crippen molar-refractivity contribution < 1.29 is 0 Å². The highest BCUT2D eigenvalue weighted by Gasteiger charge is 2.54. The Hall–Kier alpha value is -11.2. The van der Waals surface area contributed by atoms with Crippen LogP contribution in [0.4, 0.5) is 34.1 Å². The molecule has 18 rings (SSSR count). The van der Waals surface area contributed by atoms with E-state index < -0.39 is 5.41 Å². The van der Waals surface area contributed by atoms with Crippen molar-refractivity contribution in [2.24, 2.45) is 0 Å². The quantitative estimate of drug-likeness (QED) is 0.136. The van der Waals surface area contributed by atoms with E-state index in [9.17, 15) is 0 Å². The van der Waals surface area contributed by atoms with Crippen LogP contribution < -0.4 is 9.80 Å². The molecular formula is C87H64N4. The van der Waals surface area contributed by atoms with Gasteiger partial charge in [-0.1, -0.05) is 198 Å². The first-order chi connectivity index (χ1) is 44.8. The summed E-state index contributed by atoms with van der Waals surface area (Å²) in [6.07, 6.45) is 0. The van der Waals surface area contributed by atoms with Crippen molar-refractivity contribution in [2.75, 3.05) is 9.80 Å². The maximum Gasteiger partial charge on any atom is 0.0737 e. The summed E-state index contributed by atoms with van der Waals surface area (Å²) in [6.45, 7) is 9.52. The molecule has 2 heterocycles. The molecule has 2 aromatic heterocycles. The minimum absolute atomic E-state index is 0.225. The van der Waals surface area contributed by atoms with E-state index in [0.717, 1.165) is 45.5 Å². The van der Waals surface area contributed by atoms with Crippen molar-refractivity contribution >= 4 is 99.3 Å². The molecule has 1 spiro atoms. The van der Waals surface area contributed by atoms with Gasteiger partial charge >= 0.3 is 0 Å². The minimum atomic E-state index is -0.642. The Labute approximate surface area is 530 Å². The molecule has 0 saturated heterocycles. The van der Waals surface area contributed by atoms with E-state index >= 15 is 0 Å². The van der Waals surface area contributed by atoms with Crippen molar-refractivity contribution in [3.8, 4) is 33.6 Å². The van der Waals surface area contributed by atoms with Crippen molar-refractivity contribution in [3.05, 3.63) is 337 Å². The molecule has 2 aliphatic rings. The summed E-state index contributed by atoms with van der Waals surface area (Å²) in [5.41, 5.74) is 26.4. The van der Waals surface area contributed by atoms with Crippen LogP contribution in [-0.2, 0) is 5.41 Å². The standard InChI is InChI=1S/C87H64N4/c1-55(2)71-53-77-78-54-72(56(3)4)74-50-62(89(58-27-11-6-12-28-58)64-44-48-84-76(52-64)68-36-20-24-40-82(68)91(84)60-31-15-8-16-32-60)42-46-70(74)86(78)87(79-37-21-17-33-65(79)66-34-18-22-38-80(66)87)85(77)69-45-41-61(49-73(69)71)88(57-25-9-5-10-26-57)63-43-47-83-75(51-63)67-35-19-23-39-81(67)90(83)59-29-13-7-14-30-59/h5-56H,1-4H3. The van der Waals surface area contributed by atoms with Crippen LogP contribution in [0, 0.1) is 0 Å². The van der Waals surface area contributed by atoms with Crippen LogP contribution in [0.3, 0.4) is 0 Å². The van der Waals surface area contributed by atoms with E-state index in [2.05, 4.69) is 350 Å². The van der Waals surface area contributed by atoms with E-state index in [4.69, 9.17) is 0 Å². The van der Waals surface area contributed by atoms with Crippen molar-refractivity contribution in [1.82, 2.24) is 9.13 Å². The van der Waals surface area contributed by atoms with Crippen molar-refractivity contribution in [3.63, 3.8) is 0 Å². The van der Waals surface area contributed by atoms with Crippen LogP contribution in [0.5, 0.6) is 0 Å². The fourth-order valence-corrected chi connectivity index (χ4v) is 16.2. The van der Waals surface area contributed by atoms with E-state index in [1.165, 1.54) is 121 Å². The maximum atomic E-state index is 2.60. The van der Waals surface area contributed by atoms with Crippen molar-refractivity contribution in [1.29, 1.82) is 0 Å². The van der Waals surface area contributed by atoms with Gasteiger partial charge in [0.15, 0.2) is 0 Å². The Morgan fingerprint density at radius 2 is 0.582 bits per heavy atom. The molecule has 14 aromatic carbocycles. The Balaban J connectivity index is 0.871. The molecule has 91 heavy (non-hydrogen) atoms. The fraction of sp³-hybridized carbons (Fsp3) is 0.0805. The lowest BCUT2D eigenvalue weighted by molar-refractivity contribution is 0.806. The number of benzene rings is 14. The predicted molar refractivity (Wildman–Crippen MR) is 384 cm³/mol. The van der Waals surface area contributed by atoms with Crippen LogP contribution in [0.15, 0.2) is 303 Å². The zero-order chi connectivity index (χ0) is 60.6. The average molecular weight is 1170 g/mol. The molecule has 4 heteroatoms. The van der Waals surface area contributed by atoms with Crippen LogP contribution in [-0.4, -0.2) is 9.13 Å². The lowest BCUT2D eigenvalue weighted by atomic mass is 9.67. The molecule has 0 aliphatic heterocycles. The average Bonchev–Trinajstić information content (AvgIpc) is 1.50. The highest BCUT2D eigenvalue weighted by molar-refractivity contribution is 6.15. The van der Waals surface area contributed by atoms with Gasteiger partial charge in [-0.15, -0.1) is 0 Å². The maximum absolute atomic E-state index is 2.60. The third kappa shape index (κ3) is 7.76. The SMILES string of the molecule is CC(C)c1cc2c(c3ccc(N(c4ccccc4)c4ccc5c(c4)c4ccccc4n5-c4ccccc4)cc13)C1(c3ccccc3-c3ccccc31)c1c-2cc(C(C)C)c2cc(N(c3ccccc3)c3ccc4c(c3)c3ccccc3n4-c3ccccc3)ccc12. The Morgan fingerprint density at radius 3 is 0.989 bits per heavy atom. The van der Waals surface area contributed by atoms with Gasteiger partial charge < -0.3 is 18.9 Å². The van der Waals surface area contributed by atoms with E-state index in [-0.39, 0.29) is 11.8 Å². The molecule has 0 saturated carbocycles. The Kier molecular flexibility index (Phi) is 11.9. The van der Waals surface area contributed by atoms with Gasteiger partial charge in [0.2, 0.25) is 0 Å². The first kappa shape index (κ1) is 52.9. The van der Waals surface area contributed by atoms with Gasteiger partial charge in [-0.3, -0.25) is 0 Å². The van der Waals surface area contributed by atoms with Crippen LogP contribution in [0.25, 0.3) is 98.8 Å². The number of hydrogen-bond acceptors (Lipinski definition) is 2. The largest absolute Gasteiger partial charge is 0.310 e. The number of nitrogens with zero attached hydrogens (tertiary/aromatic N) is 4. The molecule has 0 amide bonds. The molecular weight excluding hydrogens is 1100 g/mol. The zero-order valence-electron chi connectivity index (χ0n) is 51.3.